The van der Waals surface area contributed by atoms with Crippen LogP contribution in [0.15, 0.2) is 41.1 Å². The largest absolute Gasteiger partial charge is 0.419 e. The molecule has 1 fully saturated rings. The number of nitrogens with one attached hydrogen (secondary N) is 2. The molecule has 1 aromatic carbocycles. The molecule has 2 aliphatic heterocycles. The molecule has 8 nitrogen and oxygen atoms in total. The number of carbonyl (C=O) groups excluding carboxylic acids is 3. The summed E-state index contributed by atoms with van der Waals surface area (Å²) in [7, 11) is 0. The van der Waals surface area contributed by atoms with Crippen LogP contribution in [0.1, 0.15) is 25.8 Å². The lowest BCUT2D eigenvalue weighted by Crippen LogP contribution is -2.42. The predicted octanol–water partition coefficient (Wildman–Crippen LogP) is 1.04. The highest BCUT2D eigenvalue weighted by molar-refractivity contribution is 6.15. The van der Waals surface area contributed by atoms with Crippen molar-refractivity contribution in [2.75, 3.05) is 5.32 Å². The molecule has 1 amide bonds. The van der Waals surface area contributed by atoms with E-state index in [0.717, 1.165) is 5.56 Å². The molecule has 24 heavy (non-hydrogen) atoms. The topological polar surface area (TPSA) is 106 Å². The number of hydrazone groups is 1. The summed E-state index contributed by atoms with van der Waals surface area (Å²) in [5.41, 5.74) is 4.29. The third-order valence-corrected chi connectivity index (χ3v) is 3.36. The van der Waals surface area contributed by atoms with Crippen LogP contribution in [0, 0.1) is 0 Å². The van der Waals surface area contributed by atoms with Crippen LogP contribution in [0.5, 0.6) is 0 Å². The fraction of sp³-hybridized carbons (Fsp3) is 0.250. The third-order valence-electron chi connectivity index (χ3n) is 3.36. The molecule has 2 heterocycles. The molecule has 8 heteroatoms. The van der Waals surface area contributed by atoms with Gasteiger partial charge in [-0.1, -0.05) is 12.1 Å². The van der Waals surface area contributed by atoms with Crippen LogP contribution < -0.4 is 10.7 Å². The molecule has 124 valence electrons. The molecule has 2 N–H and O–H groups in total. The molecular weight excluding hydrogens is 314 g/mol. The van der Waals surface area contributed by atoms with Gasteiger partial charge in [0.15, 0.2) is 5.57 Å². The summed E-state index contributed by atoms with van der Waals surface area (Å²) < 4.78 is 9.99. The number of rotatable bonds is 3. The average Bonchev–Trinajstić information content (AvgIpc) is 2.92. The molecule has 0 bridgehead atoms. The minimum atomic E-state index is -1.26. The van der Waals surface area contributed by atoms with Gasteiger partial charge in [0.1, 0.15) is 0 Å². The van der Waals surface area contributed by atoms with Crippen LogP contribution in [0.3, 0.4) is 0 Å². The first-order valence-electron chi connectivity index (χ1n) is 7.23. The molecule has 3 rings (SSSR count). The summed E-state index contributed by atoms with van der Waals surface area (Å²) in [6.07, 6.45) is 1.48. The highest BCUT2D eigenvalue weighted by atomic mass is 16.7. The quantitative estimate of drug-likeness (QED) is 0.488. The highest BCUT2D eigenvalue weighted by Crippen LogP contribution is 2.23. The Hall–Kier alpha value is -3.16. The monoisotopic (exact) mass is 329 g/mol. The first-order chi connectivity index (χ1) is 11.3. The highest BCUT2D eigenvalue weighted by Gasteiger charge is 2.38. The Balaban J connectivity index is 1.69. The van der Waals surface area contributed by atoms with Crippen molar-refractivity contribution in [1.29, 1.82) is 0 Å². The van der Waals surface area contributed by atoms with Gasteiger partial charge >= 0.3 is 11.9 Å². The second-order valence-electron chi connectivity index (χ2n) is 5.73. The van der Waals surface area contributed by atoms with E-state index in [1.165, 1.54) is 20.0 Å². The number of benzene rings is 1. The van der Waals surface area contributed by atoms with Gasteiger partial charge in [0.2, 0.25) is 5.91 Å². The Labute approximate surface area is 137 Å². The Kier molecular flexibility index (Phi) is 3.80. The van der Waals surface area contributed by atoms with E-state index in [-0.39, 0.29) is 17.9 Å². The van der Waals surface area contributed by atoms with Crippen molar-refractivity contribution in [3.05, 3.63) is 41.6 Å². The van der Waals surface area contributed by atoms with E-state index in [1.54, 1.807) is 24.3 Å². The Morgan fingerprint density at radius 1 is 1.12 bits per heavy atom. The van der Waals surface area contributed by atoms with Crippen LogP contribution in [-0.2, 0) is 23.9 Å². The maximum absolute atomic E-state index is 11.8. The van der Waals surface area contributed by atoms with Gasteiger partial charge < -0.3 is 14.8 Å². The molecule has 1 aromatic rings. The van der Waals surface area contributed by atoms with Crippen molar-refractivity contribution in [2.24, 2.45) is 5.10 Å². The average molecular weight is 329 g/mol. The van der Waals surface area contributed by atoms with Gasteiger partial charge in [-0.05, 0) is 17.7 Å². The van der Waals surface area contributed by atoms with E-state index in [1.807, 2.05) is 0 Å². The number of anilines is 1. The van der Waals surface area contributed by atoms with Crippen LogP contribution >= 0.6 is 0 Å². The molecule has 0 atom stereocenters. The first-order valence-corrected chi connectivity index (χ1v) is 7.23. The van der Waals surface area contributed by atoms with Gasteiger partial charge in [0.05, 0.1) is 12.1 Å². The van der Waals surface area contributed by atoms with E-state index < -0.39 is 17.7 Å². The lowest BCUT2D eigenvalue weighted by Gasteiger charge is -2.29. The van der Waals surface area contributed by atoms with Crippen molar-refractivity contribution in [2.45, 2.75) is 26.1 Å². The lowest BCUT2D eigenvalue weighted by atomic mass is 10.1. The number of hydrogen-bond acceptors (Lipinski definition) is 7. The van der Waals surface area contributed by atoms with E-state index in [9.17, 15) is 14.4 Å². The van der Waals surface area contributed by atoms with Gasteiger partial charge in [-0.2, -0.15) is 5.10 Å². The fourth-order valence-corrected chi connectivity index (χ4v) is 2.22. The van der Waals surface area contributed by atoms with Gasteiger partial charge in [0.25, 0.3) is 5.79 Å². The first kappa shape index (κ1) is 15.7. The molecule has 0 radical (unpaired) electrons. The van der Waals surface area contributed by atoms with Crippen molar-refractivity contribution in [3.63, 3.8) is 0 Å². The van der Waals surface area contributed by atoms with Gasteiger partial charge in [0, 0.05) is 25.7 Å². The van der Waals surface area contributed by atoms with Crippen LogP contribution in [0.2, 0.25) is 0 Å². The number of nitrogens with zero attached hydrogens (tertiary/aromatic N) is 1. The van der Waals surface area contributed by atoms with E-state index in [0.29, 0.717) is 11.4 Å². The standard InChI is InChI=1S/C16H15N3O5/c1-16(2)23-14(21)11(15(22)24-16)8-17-10-5-3-9(4-6-10)12-7-13(20)19-18-12/h3-6,8,17H,7H2,1-2H3,(H,19,20). The number of carbonyl (C=O) groups is 3. The molecular formula is C16H15N3O5. The SMILES string of the molecule is CC1(C)OC(=O)C(=CNc2ccc(C3=NNC(=O)C3)cc2)C(=O)O1. The summed E-state index contributed by atoms with van der Waals surface area (Å²) in [6, 6.07) is 7.03. The Morgan fingerprint density at radius 3 is 2.29 bits per heavy atom. The second kappa shape index (κ2) is 5.80. The summed E-state index contributed by atoms with van der Waals surface area (Å²) >= 11 is 0. The molecule has 0 spiro atoms. The number of esters is 2. The summed E-state index contributed by atoms with van der Waals surface area (Å²) in [4.78, 5) is 34.8. The van der Waals surface area contributed by atoms with Gasteiger partial charge in [-0.15, -0.1) is 0 Å². The zero-order chi connectivity index (χ0) is 17.3. The van der Waals surface area contributed by atoms with Crippen molar-refractivity contribution in [1.82, 2.24) is 5.43 Å². The minimum absolute atomic E-state index is 0.144. The van der Waals surface area contributed by atoms with E-state index in [2.05, 4.69) is 15.8 Å². The molecule has 0 aliphatic carbocycles. The van der Waals surface area contributed by atoms with Crippen molar-refractivity contribution >= 4 is 29.2 Å². The molecule has 0 aromatic heterocycles. The van der Waals surface area contributed by atoms with Crippen LogP contribution in [-0.4, -0.2) is 29.3 Å². The minimum Gasteiger partial charge on any atom is -0.419 e. The smallest absolute Gasteiger partial charge is 0.350 e. The molecule has 0 unspecified atom stereocenters. The zero-order valence-corrected chi connectivity index (χ0v) is 13.1. The number of cyclic esters (lactones) is 2. The molecule has 2 aliphatic rings. The normalized spacial score (nSPS) is 19.2. The number of amides is 1. The second-order valence-corrected chi connectivity index (χ2v) is 5.73. The van der Waals surface area contributed by atoms with E-state index >= 15 is 0 Å². The lowest BCUT2D eigenvalue weighted by molar-refractivity contribution is -0.222. The number of ether oxygens (including phenoxy) is 2. The third kappa shape index (κ3) is 3.27. The van der Waals surface area contributed by atoms with Crippen LogP contribution in [0.4, 0.5) is 5.69 Å². The summed E-state index contributed by atoms with van der Waals surface area (Å²) in [6.45, 7) is 2.97. The molecule has 0 saturated carbocycles. The van der Waals surface area contributed by atoms with Crippen molar-refractivity contribution in [3.8, 4) is 0 Å². The van der Waals surface area contributed by atoms with Gasteiger partial charge in [-0.3, -0.25) is 4.79 Å². The fourth-order valence-electron chi connectivity index (χ4n) is 2.22. The summed E-state index contributed by atoms with van der Waals surface area (Å²) in [5, 5.41) is 6.77. The van der Waals surface area contributed by atoms with E-state index in [4.69, 9.17) is 9.47 Å². The zero-order valence-electron chi connectivity index (χ0n) is 13.1. The van der Waals surface area contributed by atoms with Crippen molar-refractivity contribution < 1.29 is 23.9 Å². The maximum atomic E-state index is 11.8. The van der Waals surface area contributed by atoms with Gasteiger partial charge in [-0.25, -0.2) is 15.0 Å². The predicted molar refractivity (Wildman–Crippen MR) is 83.7 cm³/mol. The number of hydrogen-bond donors (Lipinski definition) is 2. The Morgan fingerprint density at radius 2 is 1.75 bits per heavy atom. The Bertz CT molecular complexity index is 755. The maximum Gasteiger partial charge on any atom is 0.350 e. The van der Waals surface area contributed by atoms with Crippen LogP contribution in [0.25, 0.3) is 0 Å². The summed E-state index contributed by atoms with van der Waals surface area (Å²) in [5.74, 6) is -2.90. The molecule has 1 saturated heterocycles.